The van der Waals surface area contributed by atoms with Crippen LogP contribution in [0.4, 0.5) is 0 Å². The third-order valence-electron chi connectivity index (χ3n) is 3.83. The summed E-state index contributed by atoms with van der Waals surface area (Å²) < 4.78 is 4.57. The first-order valence-electron chi connectivity index (χ1n) is 7.53. The third kappa shape index (κ3) is 2.72. The van der Waals surface area contributed by atoms with Crippen LogP contribution in [0.25, 0.3) is 10.9 Å². The molecule has 0 aliphatic heterocycles. The van der Waals surface area contributed by atoms with Crippen LogP contribution >= 0.6 is 0 Å². The Morgan fingerprint density at radius 1 is 1.19 bits per heavy atom. The number of fused-ring (bicyclic) bond motifs is 1. The normalized spacial score (nSPS) is 11.3. The Labute approximate surface area is 125 Å². The van der Waals surface area contributed by atoms with Gasteiger partial charge in [-0.2, -0.15) is 0 Å². The van der Waals surface area contributed by atoms with E-state index in [1.165, 1.54) is 22.2 Å². The van der Waals surface area contributed by atoms with Gasteiger partial charge in [-0.1, -0.05) is 25.1 Å². The van der Waals surface area contributed by atoms with Gasteiger partial charge in [0.05, 0.1) is 24.1 Å². The zero-order valence-electron chi connectivity index (χ0n) is 12.7. The molecule has 0 unspecified atom stereocenters. The van der Waals surface area contributed by atoms with Crippen molar-refractivity contribution in [3.05, 3.63) is 54.2 Å². The number of para-hydroxylation sites is 1. The van der Waals surface area contributed by atoms with Crippen molar-refractivity contribution >= 4 is 10.9 Å². The first-order valence-corrected chi connectivity index (χ1v) is 7.53. The average Bonchev–Trinajstić information content (AvgIpc) is 3.09. The SMILES string of the molecule is CCCn1cncc1Cn1ccc2cccc(CNC)c21. The molecule has 1 N–H and O–H groups in total. The summed E-state index contributed by atoms with van der Waals surface area (Å²) in [6.07, 6.45) is 7.20. The molecule has 3 rings (SSSR count). The van der Waals surface area contributed by atoms with Crippen LogP contribution in [0.3, 0.4) is 0 Å². The van der Waals surface area contributed by atoms with E-state index in [9.17, 15) is 0 Å². The van der Waals surface area contributed by atoms with Crippen LogP contribution in [-0.4, -0.2) is 21.2 Å². The molecule has 4 heteroatoms. The minimum atomic E-state index is 0.865. The number of benzene rings is 1. The Morgan fingerprint density at radius 2 is 2.10 bits per heavy atom. The Morgan fingerprint density at radius 3 is 2.90 bits per heavy atom. The van der Waals surface area contributed by atoms with Gasteiger partial charge >= 0.3 is 0 Å². The Kier molecular flexibility index (Phi) is 4.06. The van der Waals surface area contributed by atoms with E-state index in [4.69, 9.17) is 0 Å². The summed E-state index contributed by atoms with van der Waals surface area (Å²) in [6, 6.07) is 8.68. The smallest absolute Gasteiger partial charge is 0.0948 e. The average molecular weight is 282 g/mol. The number of hydrogen-bond donors (Lipinski definition) is 1. The van der Waals surface area contributed by atoms with Gasteiger partial charge in [0.2, 0.25) is 0 Å². The maximum absolute atomic E-state index is 4.30. The van der Waals surface area contributed by atoms with Crippen molar-refractivity contribution in [2.45, 2.75) is 33.0 Å². The van der Waals surface area contributed by atoms with E-state index in [1.54, 1.807) is 0 Å². The minimum Gasteiger partial charge on any atom is -0.341 e. The van der Waals surface area contributed by atoms with Crippen LogP contribution in [0.5, 0.6) is 0 Å². The zero-order chi connectivity index (χ0) is 14.7. The fraction of sp³-hybridized carbons (Fsp3) is 0.353. The van der Waals surface area contributed by atoms with E-state index in [-0.39, 0.29) is 0 Å². The van der Waals surface area contributed by atoms with E-state index in [1.807, 2.05) is 19.6 Å². The summed E-state index contributed by atoms with van der Waals surface area (Å²) in [5.41, 5.74) is 3.91. The highest BCUT2D eigenvalue weighted by molar-refractivity contribution is 5.83. The van der Waals surface area contributed by atoms with E-state index in [0.717, 1.165) is 26.1 Å². The van der Waals surface area contributed by atoms with Crippen molar-refractivity contribution in [3.8, 4) is 0 Å². The lowest BCUT2D eigenvalue weighted by molar-refractivity contribution is 0.628. The highest BCUT2D eigenvalue weighted by Crippen LogP contribution is 2.21. The third-order valence-corrected chi connectivity index (χ3v) is 3.83. The highest BCUT2D eigenvalue weighted by Gasteiger charge is 2.08. The number of nitrogens with one attached hydrogen (secondary N) is 1. The number of nitrogens with zero attached hydrogens (tertiary/aromatic N) is 3. The van der Waals surface area contributed by atoms with Gasteiger partial charge in [0.25, 0.3) is 0 Å². The molecule has 0 aliphatic carbocycles. The first kappa shape index (κ1) is 13.9. The van der Waals surface area contributed by atoms with Crippen molar-refractivity contribution in [1.82, 2.24) is 19.4 Å². The Hall–Kier alpha value is -2.07. The van der Waals surface area contributed by atoms with Crippen LogP contribution in [0, 0.1) is 0 Å². The van der Waals surface area contributed by atoms with Crippen LogP contribution in [0.1, 0.15) is 24.6 Å². The molecule has 1 aromatic carbocycles. The second kappa shape index (κ2) is 6.14. The highest BCUT2D eigenvalue weighted by atomic mass is 15.1. The summed E-state index contributed by atoms with van der Waals surface area (Å²) in [5, 5.41) is 4.55. The van der Waals surface area contributed by atoms with Gasteiger partial charge in [-0.3, -0.25) is 0 Å². The summed E-state index contributed by atoms with van der Waals surface area (Å²) in [4.78, 5) is 4.30. The van der Waals surface area contributed by atoms with Crippen molar-refractivity contribution in [2.75, 3.05) is 7.05 Å². The molecule has 0 spiro atoms. The molecule has 110 valence electrons. The molecule has 0 amide bonds. The lowest BCUT2D eigenvalue weighted by atomic mass is 10.1. The second-order valence-electron chi connectivity index (χ2n) is 5.41. The van der Waals surface area contributed by atoms with Crippen molar-refractivity contribution in [1.29, 1.82) is 0 Å². The molecule has 0 aliphatic rings. The molecular weight excluding hydrogens is 260 g/mol. The molecule has 21 heavy (non-hydrogen) atoms. The van der Waals surface area contributed by atoms with E-state index >= 15 is 0 Å². The molecule has 2 heterocycles. The Bertz CT molecular complexity index is 723. The minimum absolute atomic E-state index is 0.865. The lowest BCUT2D eigenvalue weighted by Crippen LogP contribution is -2.09. The van der Waals surface area contributed by atoms with Crippen LogP contribution in [0.15, 0.2) is 43.0 Å². The number of aryl methyl sites for hydroxylation is 1. The topological polar surface area (TPSA) is 34.8 Å². The molecule has 0 fully saturated rings. The molecule has 0 saturated heterocycles. The molecule has 0 bridgehead atoms. The van der Waals surface area contributed by atoms with Gasteiger partial charge in [0, 0.05) is 25.5 Å². The van der Waals surface area contributed by atoms with Crippen molar-refractivity contribution in [3.63, 3.8) is 0 Å². The van der Waals surface area contributed by atoms with Crippen molar-refractivity contribution < 1.29 is 0 Å². The molecule has 0 saturated carbocycles. The van der Waals surface area contributed by atoms with E-state index in [2.05, 4.69) is 56.8 Å². The van der Waals surface area contributed by atoms with Crippen molar-refractivity contribution in [2.24, 2.45) is 0 Å². The maximum atomic E-state index is 4.30. The molecule has 0 atom stereocenters. The molecule has 4 nitrogen and oxygen atoms in total. The molecule has 2 aromatic heterocycles. The predicted octanol–water partition coefficient (Wildman–Crippen LogP) is 3.02. The van der Waals surface area contributed by atoms with Gasteiger partial charge in [-0.05, 0) is 30.5 Å². The summed E-state index contributed by atoms with van der Waals surface area (Å²) >= 11 is 0. The maximum Gasteiger partial charge on any atom is 0.0948 e. The number of hydrogen-bond acceptors (Lipinski definition) is 2. The van der Waals surface area contributed by atoms with Gasteiger partial charge in [0.15, 0.2) is 0 Å². The van der Waals surface area contributed by atoms with Gasteiger partial charge in [-0.25, -0.2) is 4.98 Å². The van der Waals surface area contributed by atoms with Crippen LogP contribution in [0.2, 0.25) is 0 Å². The Balaban J connectivity index is 1.98. The summed E-state index contributed by atoms with van der Waals surface area (Å²) in [6.45, 7) is 4.97. The largest absolute Gasteiger partial charge is 0.341 e. The quantitative estimate of drug-likeness (QED) is 0.754. The lowest BCUT2D eigenvalue weighted by Gasteiger charge is -2.11. The standard InChI is InChI=1S/C17H22N4/c1-3-8-21-13-19-11-16(21)12-20-9-7-14-5-4-6-15(10-18-2)17(14)20/h4-7,9,11,13,18H,3,8,10,12H2,1-2H3. The monoisotopic (exact) mass is 282 g/mol. The first-order chi connectivity index (χ1) is 10.3. The zero-order valence-corrected chi connectivity index (χ0v) is 12.7. The molecule has 0 radical (unpaired) electrons. The van der Waals surface area contributed by atoms with Gasteiger partial charge in [-0.15, -0.1) is 0 Å². The summed E-state index contributed by atoms with van der Waals surface area (Å²) in [5.74, 6) is 0. The number of aromatic nitrogens is 3. The fourth-order valence-electron chi connectivity index (χ4n) is 2.90. The van der Waals surface area contributed by atoms with Crippen LogP contribution < -0.4 is 5.32 Å². The van der Waals surface area contributed by atoms with E-state index < -0.39 is 0 Å². The number of rotatable bonds is 6. The number of imidazole rings is 1. The summed E-state index contributed by atoms with van der Waals surface area (Å²) in [7, 11) is 1.99. The second-order valence-corrected chi connectivity index (χ2v) is 5.41. The fourth-order valence-corrected chi connectivity index (χ4v) is 2.90. The van der Waals surface area contributed by atoms with Gasteiger partial charge in [0.1, 0.15) is 0 Å². The molecule has 3 aromatic rings. The molecular formula is C17H22N4. The van der Waals surface area contributed by atoms with Crippen LogP contribution in [-0.2, 0) is 19.6 Å². The van der Waals surface area contributed by atoms with E-state index in [0.29, 0.717) is 0 Å². The predicted molar refractivity (Wildman–Crippen MR) is 86.3 cm³/mol. The van der Waals surface area contributed by atoms with Gasteiger partial charge < -0.3 is 14.5 Å².